The van der Waals surface area contributed by atoms with E-state index < -0.39 is 5.63 Å². The van der Waals surface area contributed by atoms with Crippen LogP contribution in [0.25, 0.3) is 11.1 Å². The zero-order valence-electron chi connectivity index (χ0n) is 9.64. The van der Waals surface area contributed by atoms with Crippen molar-refractivity contribution < 1.29 is 9.32 Å². The molecule has 0 bridgehead atoms. The third kappa shape index (κ3) is 3.00. The molecule has 1 N–H and O–H groups in total. The first-order valence-corrected chi connectivity index (χ1v) is 6.35. The highest BCUT2D eigenvalue weighted by Crippen LogP contribution is 2.17. The topological polar surface area (TPSA) is 64.2 Å². The van der Waals surface area contributed by atoms with E-state index in [9.17, 15) is 9.59 Å². The highest BCUT2D eigenvalue weighted by Gasteiger charge is 2.09. The van der Waals surface area contributed by atoms with E-state index in [1.54, 1.807) is 6.20 Å². The van der Waals surface area contributed by atoms with Gasteiger partial charge in [-0.15, -0.1) is 0 Å². The molecule has 94 valence electrons. The molecule has 0 spiro atoms. The Morgan fingerprint density at radius 1 is 1.39 bits per heavy atom. The molecule has 0 saturated carbocycles. The summed E-state index contributed by atoms with van der Waals surface area (Å²) >= 11 is 2.20. The fourth-order valence-electron chi connectivity index (χ4n) is 1.47. The molecular formula is C12H11IN2O3. The van der Waals surface area contributed by atoms with Crippen molar-refractivity contribution in [2.45, 2.75) is 13.6 Å². The van der Waals surface area contributed by atoms with Gasteiger partial charge >= 0.3 is 5.63 Å². The van der Waals surface area contributed by atoms with Crippen molar-refractivity contribution in [2.24, 2.45) is 0 Å². The van der Waals surface area contributed by atoms with Crippen molar-refractivity contribution in [3.63, 3.8) is 0 Å². The Kier molecular flexibility index (Phi) is 3.85. The van der Waals surface area contributed by atoms with E-state index in [0.717, 1.165) is 9.13 Å². The van der Waals surface area contributed by atoms with Crippen LogP contribution in [0.2, 0.25) is 0 Å². The van der Waals surface area contributed by atoms with Gasteiger partial charge in [0.1, 0.15) is 6.67 Å². The minimum absolute atomic E-state index is 0.148. The Bertz CT molecular complexity index is 613. The molecular weight excluding hydrogens is 347 g/mol. The molecule has 0 aliphatic rings. The van der Waals surface area contributed by atoms with E-state index in [4.69, 9.17) is 4.52 Å². The van der Waals surface area contributed by atoms with Gasteiger partial charge in [0.25, 0.3) is 0 Å². The second-order valence-corrected chi connectivity index (χ2v) is 4.98. The second kappa shape index (κ2) is 5.38. The molecule has 1 heterocycles. The predicted octanol–water partition coefficient (Wildman–Crippen LogP) is 1.81. The fourth-order valence-corrected chi connectivity index (χ4v) is 1.83. The van der Waals surface area contributed by atoms with Crippen molar-refractivity contribution >= 4 is 28.5 Å². The number of nitrogens with zero attached hydrogens (tertiary/aromatic N) is 1. The summed E-state index contributed by atoms with van der Waals surface area (Å²) in [7, 11) is 0. The lowest BCUT2D eigenvalue weighted by atomic mass is 10.1. The highest BCUT2D eigenvalue weighted by atomic mass is 127. The molecule has 0 saturated heterocycles. The lowest BCUT2D eigenvalue weighted by molar-refractivity contribution is -0.119. The standard InChI is InChI=1S/C12H11IN2O3/c1-8(16)14-7-15-6-11(12(17)18-15)9-2-4-10(13)5-3-9/h2-6H,7H2,1H3,(H,14,16). The van der Waals surface area contributed by atoms with E-state index >= 15 is 0 Å². The van der Waals surface area contributed by atoms with Crippen LogP contribution in [0.15, 0.2) is 39.8 Å². The Morgan fingerprint density at radius 2 is 2.06 bits per heavy atom. The first-order chi connectivity index (χ1) is 8.56. The van der Waals surface area contributed by atoms with Gasteiger partial charge in [-0.2, -0.15) is 4.74 Å². The Morgan fingerprint density at radius 3 is 2.67 bits per heavy atom. The first-order valence-electron chi connectivity index (χ1n) is 5.27. The summed E-state index contributed by atoms with van der Waals surface area (Å²) in [5.41, 5.74) is 0.865. The zero-order valence-corrected chi connectivity index (χ0v) is 11.8. The van der Waals surface area contributed by atoms with Crippen LogP contribution in [0.5, 0.6) is 0 Å². The summed E-state index contributed by atoms with van der Waals surface area (Å²) in [5, 5.41) is 2.55. The van der Waals surface area contributed by atoms with Gasteiger partial charge in [0, 0.05) is 10.5 Å². The third-order valence-electron chi connectivity index (χ3n) is 2.33. The van der Waals surface area contributed by atoms with Gasteiger partial charge in [-0.1, -0.05) is 12.1 Å². The number of carbonyl (C=O) groups excluding carboxylic acids is 1. The summed E-state index contributed by atoms with van der Waals surface area (Å²) in [5.74, 6) is -0.179. The third-order valence-corrected chi connectivity index (χ3v) is 3.05. The predicted molar refractivity (Wildman–Crippen MR) is 74.9 cm³/mol. The van der Waals surface area contributed by atoms with Crippen LogP contribution in [0.4, 0.5) is 0 Å². The number of rotatable bonds is 3. The quantitative estimate of drug-likeness (QED) is 0.852. The van der Waals surface area contributed by atoms with Gasteiger partial charge in [-0.25, -0.2) is 4.79 Å². The molecule has 0 aliphatic heterocycles. The molecule has 1 aromatic carbocycles. The van der Waals surface area contributed by atoms with E-state index in [0.29, 0.717) is 5.56 Å². The lowest BCUT2D eigenvalue weighted by Gasteiger charge is -1.99. The molecule has 0 radical (unpaired) electrons. The van der Waals surface area contributed by atoms with Crippen LogP contribution < -0.4 is 10.9 Å². The average molecular weight is 358 g/mol. The van der Waals surface area contributed by atoms with Gasteiger partial charge in [0.2, 0.25) is 5.91 Å². The summed E-state index contributed by atoms with van der Waals surface area (Å²) < 4.78 is 7.39. The van der Waals surface area contributed by atoms with Gasteiger partial charge < -0.3 is 9.84 Å². The molecule has 18 heavy (non-hydrogen) atoms. The number of carbonyl (C=O) groups is 1. The molecule has 1 amide bonds. The number of amides is 1. The van der Waals surface area contributed by atoms with E-state index in [-0.39, 0.29) is 12.6 Å². The van der Waals surface area contributed by atoms with Crippen molar-refractivity contribution in [1.82, 2.24) is 10.1 Å². The summed E-state index contributed by atoms with van der Waals surface area (Å²) in [4.78, 5) is 22.4. The van der Waals surface area contributed by atoms with Gasteiger partial charge in [0.15, 0.2) is 0 Å². The van der Waals surface area contributed by atoms with Crippen LogP contribution in [0, 0.1) is 3.57 Å². The van der Waals surface area contributed by atoms with Crippen molar-refractivity contribution in [3.8, 4) is 11.1 Å². The molecule has 2 rings (SSSR count). The van der Waals surface area contributed by atoms with Crippen molar-refractivity contribution in [2.75, 3.05) is 0 Å². The minimum atomic E-state index is -0.415. The molecule has 1 aromatic heterocycles. The normalized spacial score (nSPS) is 10.3. The SMILES string of the molecule is CC(=O)NCn1cc(-c2ccc(I)cc2)c(=O)o1. The molecule has 0 atom stereocenters. The minimum Gasteiger partial charge on any atom is -0.336 e. The van der Waals surface area contributed by atoms with E-state index in [1.807, 2.05) is 24.3 Å². The van der Waals surface area contributed by atoms with Crippen molar-refractivity contribution in [3.05, 3.63) is 44.5 Å². The number of aromatic nitrogens is 1. The monoisotopic (exact) mass is 358 g/mol. The largest absolute Gasteiger partial charge is 0.365 e. The molecule has 0 unspecified atom stereocenters. The maximum absolute atomic E-state index is 11.7. The van der Waals surface area contributed by atoms with Crippen LogP contribution in [0.3, 0.4) is 0 Å². The Balaban J connectivity index is 2.26. The van der Waals surface area contributed by atoms with Gasteiger partial charge in [0.05, 0.1) is 11.8 Å². The smallest absolute Gasteiger partial charge is 0.336 e. The molecule has 5 nitrogen and oxygen atoms in total. The summed E-state index contributed by atoms with van der Waals surface area (Å²) in [6, 6.07) is 7.55. The second-order valence-electron chi connectivity index (χ2n) is 3.74. The summed E-state index contributed by atoms with van der Waals surface area (Å²) in [6.45, 7) is 1.55. The number of halogens is 1. The Labute approximate surface area is 117 Å². The lowest BCUT2D eigenvalue weighted by Crippen LogP contribution is -2.22. The molecule has 6 heteroatoms. The van der Waals surface area contributed by atoms with Crippen LogP contribution in [-0.2, 0) is 11.5 Å². The maximum atomic E-state index is 11.7. The highest BCUT2D eigenvalue weighted by molar-refractivity contribution is 14.1. The van der Waals surface area contributed by atoms with Gasteiger partial charge in [-0.3, -0.25) is 4.79 Å². The van der Waals surface area contributed by atoms with Crippen LogP contribution in [0.1, 0.15) is 6.92 Å². The molecule has 2 aromatic rings. The number of nitrogens with one attached hydrogen (secondary N) is 1. The Hall–Kier alpha value is -1.57. The molecule has 0 aliphatic carbocycles. The average Bonchev–Trinajstić information content (AvgIpc) is 2.69. The van der Waals surface area contributed by atoms with Gasteiger partial charge in [-0.05, 0) is 40.3 Å². The maximum Gasteiger partial charge on any atom is 0.365 e. The van der Waals surface area contributed by atoms with Crippen molar-refractivity contribution in [1.29, 1.82) is 0 Å². The molecule has 0 fully saturated rings. The number of benzene rings is 1. The number of hydrogen-bond acceptors (Lipinski definition) is 3. The van der Waals surface area contributed by atoms with E-state index in [1.165, 1.54) is 11.7 Å². The van der Waals surface area contributed by atoms with E-state index in [2.05, 4.69) is 27.9 Å². The van der Waals surface area contributed by atoms with Crippen LogP contribution >= 0.6 is 22.6 Å². The fraction of sp³-hybridized carbons (Fsp3) is 0.167. The zero-order chi connectivity index (χ0) is 13.1. The number of hydrogen-bond donors (Lipinski definition) is 1. The van der Waals surface area contributed by atoms with Crippen LogP contribution in [-0.4, -0.2) is 10.6 Å². The first kappa shape index (κ1) is 12.9. The summed E-state index contributed by atoms with van der Waals surface area (Å²) in [6.07, 6.45) is 1.58.